The van der Waals surface area contributed by atoms with Crippen LogP contribution in [0.4, 0.5) is 0 Å². The molecular formula is C18H20N4OS2. The maximum absolute atomic E-state index is 9.91. The van der Waals surface area contributed by atoms with Gasteiger partial charge in [0.25, 0.3) is 0 Å². The minimum absolute atomic E-state index is 0.254. The summed E-state index contributed by atoms with van der Waals surface area (Å²) in [5.74, 6) is 0.865. The molecule has 4 rings (SSSR count). The highest BCUT2D eigenvalue weighted by Gasteiger charge is 2.21. The van der Waals surface area contributed by atoms with Crippen molar-refractivity contribution in [2.45, 2.75) is 25.6 Å². The van der Waals surface area contributed by atoms with Crippen molar-refractivity contribution in [2.24, 2.45) is 0 Å². The molecule has 0 saturated carbocycles. The van der Waals surface area contributed by atoms with Crippen LogP contribution < -0.4 is 0 Å². The summed E-state index contributed by atoms with van der Waals surface area (Å²) in [4.78, 5) is 3.30. The van der Waals surface area contributed by atoms with E-state index < -0.39 is 0 Å². The van der Waals surface area contributed by atoms with Gasteiger partial charge in [0.05, 0.1) is 17.6 Å². The number of benzene rings is 1. The minimum atomic E-state index is -0.254. The summed E-state index contributed by atoms with van der Waals surface area (Å²) in [6.07, 6.45) is 1.63. The average molecular weight is 373 g/mol. The number of β-amino-alcohol motifs (C(OH)–C–C–N with tert-alkyl or cyclic N) is 1. The van der Waals surface area contributed by atoms with E-state index in [4.69, 9.17) is 17.3 Å². The molecule has 130 valence electrons. The number of aromatic nitrogens is 3. The number of piperidine rings is 1. The molecule has 0 aliphatic carbocycles. The molecule has 1 saturated heterocycles. The van der Waals surface area contributed by atoms with Crippen LogP contribution in [0.15, 0.2) is 47.8 Å². The molecular weight excluding hydrogens is 352 g/mol. The third-order valence-electron chi connectivity index (χ3n) is 4.41. The number of nitrogens with zero attached hydrogens (tertiary/aromatic N) is 4. The summed E-state index contributed by atoms with van der Waals surface area (Å²) >= 11 is 7.40. The molecule has 0 radical (unpaired) electrons. The predicted molar refractivity (Wildman–Crippen MR) is 103 cm³/mol. The standard InChI is InChI=1S/C18H20N4OS2/c23-15-8-4-10-20(12-15)13-21-18(24)22(14-6-2-1-3-7-14)17(19-21)16-9-5-11-25-16/h1-3,5-7,9,11,15,23H,4,8,10,12-13H2/t15-/m1/s1. The van der Waals surface area contributed by atoms with Gasteiger partial charge in [0.15, 0.2) is 5.82 Å². The maximum Gasteiger partial charge on any atom is 0.204 e. The molecule has 0 bridgehead atoms. The first-order valence-corrected chi connectivity index (χ1v) is 9.71. The van der Waals surface area contributed by atoms with Gasteiger partial charge in [-0.05, 0) is 48.6 Å². The number of para-hydroxylation sites is 1. The smallest absolute Gasteiger partial charge is 0.204 e. The summed E-state index contributed by atoms with van der Waals surface area (Å²) in [5.41, 5.74) is 1.01. The number of hydrogen-bond donors (Lipinski definition) is 1. The highest BCUT2D eigenvalue weighted by atomic mass is 32.1. The lowest BCUT2D eigenvalue weighted by atomic mass is 10.1. The SMILES string of the molecule is O[C@@H]1CCCN(Cn2nc(-c3cccs3)n(-c3ccccc3)c2=S)C1. The second kappa shape index (κ2) is 7.21. The van der Waals surface area contributed by atoms with Crippen LogP contribution >= 0.6 is 23.6 Å². The monoisotopic (exact) mass is 372 g/mol. The second-order valence-electron chi connectivity index (χ2n) is 6.27. The first-order chi connectivity index (χ1) is 12.2. The Bertz CT molecular complexity index is 886. The fourth-order valence-corrected chi connectivity index (χ4v) is 4.21. The van der Waals surface area contributed by atoms with E-state index in [2.05, 4.69) is 11.0 Å². The number of hydrogen-bond acceptors (Lipinski definition) is 5. The number of aliphatic hydroxyl groups excluding tert-OH is 1. The van der Waals surface area contributed by atoms with Crippen molar-refractivity contribution in [2.75, 3.05) is 13.1 Å². The lowest BCUT2D eigenvalue weighted by Crippen LogP contribution is -2.39. The van der Waals surface area contributed by atoms with Gasteiger partial charge in [-0.3, -0.25) is 9.47 Å². The normalized spacial score (nSPS) is 18.5. The van der Waals surface area contributed by atoms with Crippen LogP contribution in [0.3, 0.4) is 0 Å². The van der Waals surface area contributed by atoms with Crippen LogP contribution in [0.2, 0.25) is 0 Å². The summed E-state index contributed by atoms with van der Waals surface area (Å²) in [5, 5.41) is 16.8. The highest BCUT2D eigenvalue weighted by molar-refractivity contribution is 7.71. The summed E-state index contributed by atoms with van der Waals surface area (Å²) in [6, 6.07) is 14.2. The number of aliphatic hydroxyl groups is 1. The number of likely N-dealkylation sites (tertiary alicyclic amines) is 1. The minimum Gasteiger partial charge on any atom is -0.392 e. The fourth-order valence-electron chi connectivity index (χ4n) is 3.22. The molecule has 3 aromatic rings. The first kappa shape index (κ1) is 16.7. The van der Waals surface area contributed by atoms with Crippen molar-refractivity contribution in [3.05, 3.63) is 52.6 Å². The van der Waals surface area contributed by atoms with Gasteiger partial charge >= 0.3 is 0 Å². The average Bonchev–Trinajstić information content (AvgIpc) is 3.25. The second-order valence-corrected chi connectivity index (χ2v) is 7.58. The molecule has 2 aromatic heterocycles. The van der Waals surface area contributed by atoms with Crippen LogP contribution in [-0.2, 0) is 6.67 Å². The molecule has 1 N–H and O–H groups in total. The molecule has 1 aliphatic rings. The molecule has 3 heterocycles. The van der Waals surface area contributed by atoms with E-state index in [9.17, 15) is 5.11 Å². The lowest BCUT2D eigenvalue weighted by molar-refractivity contribution is 0.0513. The van der Waals surface area contributed by atoms with Gasteiger partial charge < -0.3 is 5.11 Å². The van der Waals surface area contributed by atoms with Crippen LogP contribution in [0, 0.1) is 4.77 Å². The van der Waals surface area contributed by atoms with Crippen molar-refractivity contribution < 1.29 is 5.11 Å². The Balaban J connectivity index is 1.75. The molecule has 0 spiro atoms. The van der Waals surface area contributed by atoms with Gasteiger partial charge in [0.1, 0.15) is 0 Å². The van der Waals surface area contributed by atoms with E-state index in [-0.39, 0.29) is 6.10 Å². The Kier molecular flexibility index (Phi) is 4.80. The molecule has 1 fully saturated rings. The molecule has 7 heteroatoms. The maximum atomic E-state index is 9.91. The van der Waals surface area contributed by atoms with Crippen LogP contribution in [0.1, 0.15) is 12.8 Å². The van der Waals surface area contributed by atoms with Crippen molar-refractivity contribution in [1.29, 1.82) is 0 Å². The zero-order valence-corrected chi connectivity index (χ0v) is 15.4. The Labute approximate surface area is 155 Å². The van der Waals surface area contributed by atoms with Gasteiger partial charge in [0, 0.05) is 18.8 Å². The Morgan fingerprint density at radius 2 is 2.04 bits per heavy atom. The lowest BCUT2D eigenvalue weighted by Gasteiger charge is -2.29. The van der Waals surface area contributed by atoms with Crippen LogP contribution in [0.5, 0.6) is 0 Å². The van der Waals surface area contributed by atoms with E-state index in [0.29, 0.717) is 18.0 Å². The van der Waals surface area contributed by atoms with Crippen molar-refractivity contribution >= 4 is 23.6 Å². The largest absolute Gasteiger partial charge is 0.392 e. The Morgan fingerprint density at radius 3 is 2.76 bits per heavy atom. The molecule has 0 unspecified atom stereocenters. The topological polar surface area (TPSA) is 46.2 Å². The zero-order valence-electron chi connectivity index (χ0n) is 13.8. The number of thiophene rings is 1. The van der Waals surface area contributed by atoms with Crippen LogP contribution in [0.25, 0.3) is 16.4 Å². The quantitative estimate of drug-likeness (QED) is 0.712. The molecule has 1 aromatic carbocycles. The van der Waals surface area contributed by atoms with Gasteiger partial charge in [0.2, 0.25) is 4.77 Å². The summed E-state index contributed by atoms with van der Waals surface area (Å²) in [6.45, 7) is 2.24. The number of rotatable bonds is 4. The van der Waals surface area contributed by atoms with Crippen molar-refractivity contribution in [3.8, 4) is 16.4 Å². The predicted octanol–water partition coefficient (Wildman–Crippen LogP) is 3.55. The van der Waals surface area contributed by atoms with E-state index in [1.807, 2.05) is 51.0 Å². The van der Waals surface area contributed by atoms with Gasteiger partial charge in [-0.15, -0.1) is 16.4 Å². The Hall–Kier alpha value is -1.80. The van der Waals surface area contributed by atoms with Gasteiger partial charge in [-0.2, -0.15) is 0 Å². The van der Waals surface area contributed by atoms with E-state index >= 15 is 0 Å². The van der Waals surface area contributed by atoms with E-state index in [1.165, 1.54) is 0 Å². The third-order valence-corrected chi connectivity index (χ3v) is 5.67. The van der Waals surface area contributed by atoms with E-state index in [0.717, 1.165) is 35.8 Å². The van der Waals surface area contributed by atoms with Crippen molar-refractivity contribution in [1.82, 2.24) is 19.2 Å². The first-order valence-electron chi connectivity index (χ1n) is 8.42. The molecule has 25 heavy (non-hydrogen) atoms. The molecule has 1 atom stereocenters. The van der Waals surface area contributed by atoms with Gasteiger partial charge in [-0.25, -0.2) is 4.68 Å². The van der Waals surface area contributed by atoms with E-state index in [1.54, 1.807) is 11.3 Å². The van der Waals surface area contributed by atoms with Crippen LogP contribution in [-0.4, -0.2) is 43.5 Å². The highest BCUT2D eigenvalue weighted by Crippen LogP contribution is 2.26. The van der Waals surface area contributed by atoms with Gasteiger partial charge in [-0.1, -0.05) is 24.3 Å². The zero-order chi connectivity index (χ0) is 17.2. The van der Waals surface area contributed by atoms with Crippen molar-refractivity contribution in [3.63, 3.8) is 0 Å². The summed E-state index contributed by atoms with van der Waals surface area (Å²) in [7, 11) is 0. The molecule has 5 nitrogen and oxygen atoms in total. The Morgan fingerprint density at radius 1 is 1.20 bits per heavy atom. The summed E-state index contributed by atoms with van der Waals surface area (Å²) < 4.78 is 4.58. The third kappa shape index (κ3) is 3.46. The molecule has 0 amide bonds. The molecule has 1 aliphatic heterocycles. The fraction of sp³-hybridized carbons (Fsp3) is 0.333.